The molecular formula is C22H18ClN3O6S. The van der Waals surface area contributed by atoms with Gasteiger partial charge in [0.15, 0.2) is 23.0 Å². The van der Waals surface area contributed by atoms with Gasteiger partial charge in [-0.05, 0) is 18.2 Å². The van der Waals surface area contributed by atoms with E-state index in [0.29, 0.717) is 38.5 Å². The lowest BCUT2D eigenvalue weighted by Crippen LogP contribution is -2.22. The predicted molar refractivity (Wildman–Crippen MR) is 122 cm³/mol. The Hall–Kier alpha value is -3.47. The van der Waals surface area contributed by atoms with Gasteiger partial charge in [0.25, 0.3) is 5.91 Å². The summed E-state index contributed by atoms with van der Waals surface area (Å²) in [6.45, 7) is 0.229. The lowest BCUT2D eigenvalue weighted by Gasteiger charge is -2.08. The molecule has 0 radical (unpaired) electrons. The molecule has 0 saturated heterocycles. The summed E-state index contributed by atoms with van der Waals surface area (Å²) in [5.41, 5.74) is 4.69. The fraction of sp³-hybridized carbons (Fsp3) is 0.182. The summed E-state index contributed by atoms with van der Waals surface area (Å²) in [6, 6.07) is 10.6. The lowest BCUT2D eigenvalue weighted by molar-refractivity contribution is 0.0237. The molecule has 9 nitrogen and oxygen atoms in total. The third-order valence-corrected chi connectivity index (χ3v) is 6.47. The van der Waals surface area contributed by atoms with Gasteiger partial charge in [0.1, 0.15) is 17.9 Å². The van der Waals surface area contributed by atoms with Crippen molar-refractivity contribution >= 4 is 39.9 Å². The topological polar surface area (TPSA) is 93.1 Å². The van der Waals surface area contributed by atoms with Crippen molar-refractivity contribution in [2.24, 2.45) is 0 Å². The van der Waals surface area contributed by atoms with Crippen molar-refractivity contribution < 1.29 is 28.6 Å². The number of ether oxygens (including phenoxy) is 4. The number of nitrogens with one attached hydrogen (secondary N) is 1. The number of halogens is 1. The number of methoxy groups -OCH3 is 2. The first kappa shape index (κ1) is 21.4. The molecule has 0 unspecified atom stereocenters. The van der Waals surface area contributed by atoms with E-state index in [1.807, 2.05) is 16.7 Å². The first-order valence-electron chi connectivity index (χ1n) is 9.77. The molecule has 2 aromatic carbocycles. The van der Waals surface area contributed by atoms with Crippen LogP contribution in [-0.4, -0.2) is 36.5 Å². The van der Waals surface area contributed by atoms with E-state index in [0.717, 1.165) is 16.0 Å². The van der Waals surface area contributed by atoms with Gasteiger partial charge in [0, 0.05) is 23.8 Å². The predicted octanol–water partition coefficient (Wildman–Crippen LogP) is 4.35. The van der Waals surface area contributed by atoms with E-state index >= 15 is 0 Å². The van der Waals surface area contributed by atoms with E-state index in [-0.39, 0.29) is 19.3 Å². The number of benzene rings is 2. The van der Waals surface area contributed by atoms with Crippen LogP contribution in [0, 0.1) is 0 Å². The summed E-state index contributed by atoms with van der Waals surface area (Å²) in [7, 11) is 3.15. The molecule has 1 amide bonds. The Balaban J connectivity index is 1.28. The van der Waals surface area contributed by atoms with Gasteiger partial charge in [-0.25, -0.2) is 10.5 Å². The molecule has 2 aromatic heterocycles. The van der Waals surface area contributed by atoms with E-state index in [1.165, 1.54) is 11.3 Å². The highest BCUT2D eigenvalue weighted by molar-refractivity contribution is 7.16. The Morgan fingerprint density at radius 2 is 1.91 bits per heavy atom. The highest BCUT2D eigenvalue weighted by Gasteiger charge is 2.18. The molecule has 170 valence electrons. The van der Waals surface area contributed by atoms with Crippen LogP contribution in [0.3, 0.4) is 0 Å². The van der Waals surface area contributed by atoms with Gasteiger partial charge < -0.3 is 18.9 Å². The number of hydrogen-bond donors (Lipinski definition) is 1. The molecule has 0 atom stereocenters. The Morgan fingerprint density at radius 3 is 2.70 bits per heavy atom. The number of amides is 1. The molecule has 0 saturated carbocycles. The number of hydrogen-bond acceptors (Lipinski definition) is 8. The SMILES string of the molecule is COc1cc2ncn(-c3ccc(C(=O)NOCc4cc5c(cc4Cl)OCO5)s3)c2cc1OC. The number of aromatic nitrogens is 2. The van der Waals surface area contributed by atoms with Crippen molar-refractivity contribution in [3.63, 3.8) is 0 Å². The smallest absolute Gasteiger partial charge is 0.284 e. The zero-order valence-corrected chi connectivity index (χ0v) is 19.2. The highest BCUT2D eigenvalue weighted by atomic mass is 35.5. The fourth-order valence-electron chi connectivity index (χ4n) is 3.39. The summed E-state index contributed by atoms with van der Waals surface area (Å²) in [5.74, 6) is 2.00. The van der Waals surface area contributed by atoms with Crippen LogP contribution in [0.25, 0.3) is 16.0 Å². The van der Waals surface area contributed by atoms with Crippen LogP contribution in [0.5, 0.6) is 23.0 Å². The van der Waals surface area contributed by atoms with Gasteiger partial charge in [0.05, 0.1) is 35.2 Å². The van der Waals surface area contributed by atoms with Crippen LogP contribution in [0.4, 0.5) is 0 Å². The van der Waals surface area contributed by atoms with Crippen molar-refractivity contribution in [1.29, 1.82) is 0 Å². The average molecular weight is 488 g/mol. The van der Waals surface area contributed by atoms with Gasteiger partial charge in [0.2, 0.25) is 6.79 Å². The minimum absolute atomic E-state index is 0.0766. The number of rotatable bonds is 7. The fourth-order valence-corrected chi connectivity index (χ4v) is 4.47. The number of hydroxylamine groups is 1. The number of fused-ring (bicyclic) bond motifs is 2. The zero-order chi connectivity index (χ0) is 22.9. The highest BCUT2D eigenvalue weighted by Crippen LogP contribution is 2.37. The average Bonchev–Trinajstić information content (AvgIpc) is 3.56. The Bertz CT molecular complexity index is 1350. The quantitative estimate of drug-likeness (QED) is 0.387. The molecule has 4 aromatic rings. The number of imidazole rings is 1. The minimum Gasteiger partial charge on any atom is -0.493 e. The van der Waals surface area contributed by atoms with Crippen LogP contribution in [-0.2, 0) is 11.4 Å². The maximum Gasteiger partial charge on any atom is 0.284 e. The van der Waals surface area contributed by atoms with Gasteiger partial charge in [-0.1, -0.05) is 11.6 Å². The molecule has 0 aliphatic carbocycles. The van der Waals surface area contributed by atoms with E-state index < -0.39 is 0 Å². The van der Waals surface area contributed by atoms with Gasteiger partial charge in [-0.2, -0.15) is 0 Å². The summed E-state index contributed by atoms with van der Waals surface area (Å²) in [4.78, 5) is 22.9. The Kier molecular flexibility index (Phi) is 5.71. The largest absolute Gasteiger partial charge is 0.493 e. The molecule has 0 bridgehead atoms. The third kappa shape index (κ3) is 4.04. The van der Waals surface area contributed by atoms with Gasteiger partial charge in [-0.15, -0.1) is 11.3 Å². The zero-order valence-electron chi connectivity index (χ0n) is 17.6. The lowest BCUT2D eigenvalue weighted by atomic mass is 10.2. The number of carbonyl (C=O) groups excluding carboxylic acids is 1. The van der Waals surface area contributed by atoms with Crippen LogP contribution in [0.15, 0.2) is 42.7 Å². The third-order valence-electron chi connectivity index (χ3n) is 5.04. The minimum atomic E-state index is -0.369. The molecule has 1 aliphatic rings. The van der Waals surface area contributed by atoms with Crippen molar-refractivity contribution in [2.75, 3.05) is 21.0 Å². The van der Waals surface area contributed by atoms with E-state index in [9.17, 15) is 4.79 Å². The Labute approximate surface area is 197 Å². The molecule has 33 heavy (non-hydrogen) atoms. The standard InChI is InChI=1S/C22H18ClN3O6S/c1-28-16-7-14-15(8-17(16)29-2)26(10-24-14)21-4-3-20(33-21)22(27)25-32-9-12-5-18-19(6-13(12)23)31-11-30-18/h3-8,10H,9,11H2,1-2H3,(H,25,27). The van der Waals surface area contributed by atoms with Gasteiger partial charge in [-0.3, -0.25) is 14.2 Å². The maximum absolute atomic E-state index is 12.6. The van der Waals surface area contributed by atoms with Crippen LogP contribution < -0.4 is 24.4 Å². The summed E-state index contributed by atoms with van der Waals surface area (Å²) >= 11 is 7.54. The van der Waals surface area contributed by atoms with Crippen LogP contribution in [0.1, 0.15) is 15.2 Å². The van der Waals surface area contributed by atoms with Crippen LogP contribution in [0.2, 0.25) is 5.02 Å². The van der Waals surface area contributed by atoms with E-state index in [4.69, 9.17) is 35.4 Å². The molecule has 5 rings (SSSR count). The second kappa shape index (κ2) is 8.81. The first-order valence-corrected chi connectivity index (χ1v) is 11.0. The van der Waals surface area contributed by atoms with Crippen molar-refractivity contribution in [1.82, 2.24) is 15.0 Å². The molecule has 11 heteroatoms. The summed E-state index contributed by atoms with van der Waals surface area (Å²) in [6.07, 6.45) is 1.69. The second-order valence-corrected chi connectivity index (χ2v) is 8.43. The molecule has 0 fully saturated rings. The normalized spacial score (nSPS) is 12.2. The molecule has 3 heterocycles. The number of thiophene rings is 1. The maximum atomic E-state index is 12.6. The molecule has 0 spiro atoms. The summed E-state index contributed by atoms with van der Waals surface area (Å²) < 4.78 is 23.2. The molecule has 1 aliphatic heterocycles. The van der Waals surface area contributed by atoms with Crippen molar-refractivity contribution in [3.8, 4) is 28.0 Å². The van der Waals surface area contributed by atoms with Crippen molar-refractivity contribution in [3.05, 3.63) is 58.2 Å². The molecule has 1 N–H and O–H groups in total. The number of carbonyl (C=O) groups is 1. The van der Waals surface area contributed by atoms with Gasteiger partial charge >= 0.3 is 0 Å². The van der Waals surface area contributed by atoms with E-state index in [2.05, 4.69) is 10.5 Å². The second-order valence-electron chi connectivity index (χ2n) is 6.97. The van der Waals surface area contributed by atoms with Crippen LogP contribution >= 0.6 is 22.9 Å². The van der Waals surface area contributed by atoms with Crippen molar-refractivity contribution in [2.45, 2.75) is 6.61 Å². The monoisotopic (exact) mass is 487 g/mol. The summed E-state index contributed by atoms with van der Waals surface area (Å²) in [5, 5.41) is 1.28. The Morgan fingerprint density at radius 1 is 1.15 bits per heavy atom. The number of nitrogens with zero attached hydrogens (tertiary/aromatic N) is 2. The molecular weight excluding hydrogens is 470 g/mol. The van der Waals surface area contributed by atoms with E-state index in [1.54, 1.807) is 44.8 Å². The first-order chi connectivity index (χ1) is 16.1.